The standard InChI is InChI=1S/C14H14N2O4S2/c17-14(10-3-4-13(20-10)16(18)19)15-6-5-12(22-9-7-15)11-2-1-8-21-11/h1-4,8,12H,5-7,9H2. The lowest BCUT2D eigenvalue weighted by atomic mass is 10.2. The molecule has 1 atom stereocenters. The van der Waals surface area contributed by atoms with Gasteiger partial charge in [0, 0.05) is 29.0 Å². The summed E-state index contributed by atoms with van der Waals surface area (Å²) in [6.45, 7) is 1.25. The van der Waals surface area contributed by atoms with Crippen LogP contribution in [-0.4, -0.2) is 34.6 Å². The van der Waals surface area contributed by atoms with E-state index in [1.807, 2.05) is 17.8 Å². The molecule has 1 aliphatic heterocycles. The highest BCUT2D eigenvalue weighted by Crippen LogP contribution is 2.37. The van der Waals surface area contributed by atoms with Gasteiger partial charge in [0.25, 0.3) is 5.91 Å². The Morgan fingerprint density at radius 1 is 1.36 bits per heavy atom. The molecule has 2 aromatic heterocycles. The first-order valence-electron chi connectivity index (χ1n) is 6.83. The molecule has 3 rings (SSSR count). The summed E-state index contributed by atoms with van der Waals surface area (Å²) < 4.78 is 5.00. The normalized spacial score (nSPS) is 18.9. The second-order valence-corrected chi connectivity index (χ2v) is 7.14. The van der Waals surface area contributed by atoms with Gasteiger partial charge in [0.2, 0.25) is 0 Å². The predicted molar refractivity (Wildman–Crippen MR) is 85.4 cm³/mol. The van der Waals surface area contributed by atoms with Crippen LogP contribution in [0.15, 0.2) is 34.1 Å². The van der Waals surface area contributed by atoms with Crippen LogP contribution in [0.3, 0.4) is 0 Å². The molecule has 8 heteroatoms. The number of hydrogen-bond donors (Lipinski definition) is 0. The molecule has 0 radical (unpaired) electrons. The van der Waals surface area contributed by atoms with E-state index in [9.17, 15) is 14.9 Å². The van der Waals surface area contributed by atoms with Crippen molar-refractivity contribution in [1.29, 1.82) is 0 Å². The zero-order valence-electron chi connectivity index (χ0n) is 11.6. The lowest BCUT2D eigenvalue weighted by molar-refractivity contribution is -0.402. The maximum absolute atomic E-state index is 12.4. The first kappa shape index (κ1) is 15.1. The molecule has 1 amide bonds. The lowest BCUT2D eigenvalue weighted by Crippen LogP contribution is -2.32. The summed E-state index contributed by atoms with van der Waals surface area (Å²) in [4.78, 5) is 25.4. The van der Waals surface area contributed by atoms with Crippen molar-refractivity contribution in [1.82, 2.24) is 4.90 Å². The molecule has 0 aromatic carbocycles. The van der Waals surface area contributed by atoms with Crippen LogP contribution in [0.25, 0.3) is 0 Å². The van der Waals surface area contributed by atoms with E-state index in [-0.39, 0.29) is 11.7 Å². The SMILES string of the molecule is O=C(c1ccc([N+](=O)[O-])o1)N1CCSC(c2cccs2)CC1. The minimum atomic E-state index is -0.637. The Balaban J connectivity index is 1.67. The van der Waals surface area contributed by atoms with Gasteiger partial charge < -0.3 is 9.32 Å². The van der Waals surface area contributed by atoms with Gasteiger partial charge in [-0.05, 0) is 23.9 Å². The van der Waals surface area contributed by atoms with Crippen molar-refractivity contribution >= 4 is 34.9 Å². The van der Waals surface area contributed by atoms with Crippen LogP contribution in [0.2, 0.25) is 0 Å². The zero-order valence-corrected chi connectivity index (χ0v) is 13.3. The highest BCUT2D eigenvalue weighted by Gasteiger charge is 2.26. The lowest BCUT2D eigenvalue weighted by Gasteiger charge is -2.18. The number of nitro groups is 1. The minimum Gasteiger partial charge on any atom is -0.395 e. The third-order valence-electron chi connectivity index (χ3n) is 3.47. The van der Waals surface area contributed by atoms with Crippen molar-refractivity contribution in [3.8, 4) is 0 Å². The van der Waals surface area contributed by atoms with Crippen LogP contribution in [-0.2, 0) is 0 Å². The van der Waals surface area contributed by atoms with Crippen LogP contribution in [0.5, 0.6) is 0 Å². The number of amides is 1. The number of hydrogen-bond acceptors (Lipinski definition) is 6. The quantitative estimate of drug-likeness (QED) is 0.631. The minimum absolute atomic E-state index is 0.0336. The number of carbonyl (C=O) groups excluding carboxylic acids is 1. The molecule has 0 saturated carbocycles. The Morgan fingerprint density at radius 2 is 2.23 bits per heavy atom. The molecule has 116 valence electrons. The molecule has 1 unspecified atom stereocenters. The van der Waals surface area contributed by atoms with Crippen molar-refractivity contribution in [2.45, 2.75) is 11.7 Å². The van der Waals surface area contributed by atoms with Crippen LogP contribution in [0.1, 0.15) is 27.1 Å². The van der Waals surface area contributed by atoms with Crippen LogP contribution in [0.4, 0.5) is 5.88 Å². The van der Waals surface area contributed by atoms with E-state index in [0.717, 1.165) is 12.2 Å². The summed E-state index contributed by atoms with van der Waals surface area (Å²) in [5.74, 6) is 0.202. The fourth-order valence-corrected chi connectivity index (χ4v) is 4.61. The fraction of sp³-hybridized carbons (Fsp3) is 0.357. The average molecular weight is 338 g/mol. The molecule has 0 N–H and O–H groups in total. The summed E-state index contributed by atoms with van der Waals surface area (Å²) in [6, 6.07) is 6.75. The number of nitrogens with zero attached hydrogens (tertiary/aromatic N) is 2. The molecular formula is C14H14N2O4S2. The van der Waals surface area contributed by atoms with E-state index in [1.54, 1.807) is 16.2 Å². The van der Waals surface area contributed by atoms with E-state index in [4.69, 9.17) is 4.42 Å². The maximum atomic E-state index is 12.4. The van der Waals surface area contributed by atoms with Gasteiger partial charge in [-0.2, -0.15) is 11.8 Å². The van der Waals surface area contributed by atoms with Crippen molar-refractivity contribution in [3.05, 3.63) is 50.4 Å². The van der Waals surface area contributed by atoms with E-state index in [1.165, 1.54) is 17.0 Å². The number of furan rings is 1. The van der Waals surface area contributed by atoms with Gasteiger partial charge in [-0.1, -0.05) is 6.07 Å². The zero-order chi connectivity index (χ0) is 15.5. The molecule has 22 heavy (non-hydrogen) atoms. The monoisotopic (exact) mass is 338 g/mol. The Morgan fingerprint density at radius 3 is 2.91 bits per heavy atom. The largest absolute Gasteiger partial charge is 0.433 e. The average Bonchev–Trinajstić information content (AvgIpc) is 3.14. The third kappa shape index (κ3) is 3.17. The smallest absolute Gasteiger partial charge is 0.395 e. The maximum Gasteiger partial charge on any atom is 0.433 e. The highest BCUT2D eigenvalue weighted by atomic mass is 32.2. The highest BCUT2D eigenvalue weighted by molar-refractivity contribution is 7.99. The fourth-order valence-electron chi connectivity index (χ4n) is 2.37. The molecule has 1 saturated heterocycles. The Bertz CT molecular complexity index is 668. The van der Waals surface area contributed by atoms with Gasteiger partial charge >= 0.3 is 5.88 Å². The summed E-state index contributed by atoms with van der Waals surface area (Å²) in [5.41, 5.74) is 0. The van der Waals surface area contributed by atoms with Gasteiger partial charge in [0.15, 0.2) is 5.76 Å². The first-order valence-corrected chi connectivity index (χ1v) is 8.76. The van der Waals surface area contributed by atoms with Crippen molar-refractivity contribution in [2.24, 2.45) is 0 Å². The molecule has 0 aliphatic carbocycles. The van der Waals surface area contributed by atoms with Crippen molar-refractivity contribution in [2.75, 3.05) is 18.8 Å². The van der Waals surface area contributed by atoms with Crippen LogP contribution >= 0.6 is 23.1 Å². The predicted octanol–water partition coefficient (Wildman–Crippen LogP) is 3.57. The van der Waals surface area contributed by atoms with E-state index in [2.05, 4.69) is 11.4 Å². The number of carbonyl (C=O) groups is 1. The summed E-state index contributed by atoms with van der Waals surface area (Å²) in [6.07, 6.45) is 0.875. The molecule has 1 fully saturated rings. The second-order valence-electron chi connectivity index (χ2n) is 4.85. The van der Waals surface area contributed by atoms with E-state index >= 15 is 0 Å². The molecule has 2 aromatic rings. The molecule has 0 bridgehead atoms. The van der Waals surface area contributed by atoms with Gasteiger partial charge in [0.1, 0.15) is 4.92 Å². The molecule has 6 nitrogen and oxygen atoms in total. The summed E-state index contributed by atoms with van der Waals surface area (Å²) in [5, 5.41) is 13.1. The number of rotatable bonds is 3. The molecular weight excluding hydrogens is 324 g/mol. The Kier molecular flexibility index (Phi) is 4.49. The topological polar surface area (TPSA) is 76.6 Å². The summed E-state index contributed by atoms with van der Waals surface area (Å²) in [7, 11) is 0. The Labute approximate surface area is 135 Å². The van der Waals surface area contributed by atoms with Gasteiger partial charge in [-0.25, -0.2) is 0 Å². The van der Waals surface area contributed by atoms with Gasteiger partial charge in [-0.15, -0.1) is 11.3 Å². The Hall–Kier alpha value is -1.80. The van der Waals surface area contributed by atoms with E-state index in [0.29, 0.717) is 18.3 Å². The summed E-state index contributed by atoms with van der Waals surface area (Å²) >= 11 is 3.58. The van der Waals surface area contributed by atoms with E-state index < -0.39 is 10.8 Å². The van der Waals surface area contributed by atoms with Gasteiger partial charge in [-0.3, -0.25) is 14.9 Å². The molecule has 1 aliphatic rings. The molecule has 3 heterocycles. The number of thioether (sulfide) groups is 1. The van der Waals surface area contributed by atoms with Crippen LogP contribution in [0, 0.1) is 10.1 Å². The van der Waals surface area contributed by atoms with Gasteiger partial charge in [0.05, 0.1) is 6.07 Å². The van der Waals surface area contributed by atoms with Crippen molar-refractivity contribution in [3.63, 3.8) is 0 Å². The van der Waals surface area contributed by atoms with Crippen molar-refractivity contribution < 1.29 is 14.1 Å². The second kappa shape index (κ2) is 6.53. The van der Waals surface area contributed by atoms with Crippen LogP contribution < -0.4 is 0 Å². The third-order valence-corrected chi connectivity index (χ3v) is 5.92. The number of thiophene rings is 1. The molecule has 0 spiro atoms. The first-order chi connectivity index (χ1) is 10.6.